The molecule has 2 heterocycles. The van der Waals surface area contributed by atoms with Crippen LogP contribution in [0.2, 0.25) is 0 Å². The fourth-order valence-corrected chi connectivity index (χ4v) is 3.60. The monoisotopic (exact) mass is 359 g/mol. The highest BCUT2D eigenvalue weighted by Crippen LogP contribution is 2.43. The van der Waals surface area contributed by atoms with Gasteiger partial charge in [0.15, 0.2) is 0 Å². The first-order valence-electron chi connectivity index (χ1n) is 8.33. The molecule has 0 radical (unpaired) electrons. The second kappa shape index (κ2) is 6.12. The van der Waals surface area contributed by atoms with Crippen molar-refractivity contribution < 1.29 is 14.0 Å². The lowest BCUT2D eigenvalue weighted by atomic mass is 9.81. The van der Waals surface area contributed by atoms with E-state index in [9.17, 15) is 14.0 Å². The molecule has 0 bridgehead atoms. The van der Waals surface area contributed by atoms with Crippen molar-refractivity contribution in [3.63, 3.8) is 0 Å². The molecule has 1 aliphatic rings. The van der Waals surface area contributed by atoms with Gasteiger partial charge in [-0.15, -0.1) is 0 Å². The smallest absolute Gasteiger partial charge is 0.315 e. The van der Waals surface area contributed by atoms with Gasteiger partial charge < -0.3 is 16.4 Å². The Morgan fingerprint density at radius 3 is 2.46 bits per heavy atom. The number of carbonyl (C=O) groups is 2. The number of nitrogens with zero attached hydrogens (tertiary/aromatic N) is 3. The molecule has 3 rings (SSSR count). The molecule has 0 saturated carbocycles. The Morgan fingerprint density at radius 2 is 1.92 bits per heavy atom. The van der Waals surface area contributed by atoms with Crippen LogP contribution in [0.3, 0.4) is 0 Å². The molecule has 0 aliphatic carbocycles. The van der Waals surface area contributed by atoms with Crippen molar-refractivity contribution in [3.05, 3.63) is 41.3 Å². The summed E-state index contributed by atoms with van der Waals surface area (Å²) in [6.07, 6.45) is 0. The van der Waals surface area contributed by atoms with Crippen LogP contribution in [0, 0.1) is 11.2 Å². The number of nitrogens with two attached hydrogens (primary N) is 2. The molecule has 0 spiro atoms. The highest BCUT2D eigenvalue weighted by molar-refractivity contribution is 6.00. The zero-order chi connectivity index (χ0) is 19.2. The Bertz CT molecular complexity index is 884. The molecule has 1 unspecified atom stereocenters. The molecule has 26 heavy (non-hydrogen) atoms. The number of urea groups is 1. The minimum Gasteiger partial charge on any atom is -0.365 e. The molecular formula is C18H22FN5O2. The van der Waals surface area contributed by atoms with Gasteiger partial charge >= 0.3 is 6.03 Å². The Morgan fingerprint density at radius 1 is 1.23 bits per heavy atom. The average Bonchev–Trinajstić information content (AvgIpc) is 2.92. The normalized spacial score (nSPS) is 17.1. The third kappa shape index (κ3) is 2.91. The highest BCUT2D eigenvalue weighted by Gasteiger charge is 2.42. The molecule has 0 fully saturated rings. The maximum absolute atomic E-state index is 13.7. The van der Waals surface area contributed by atoms with E-state index in [1.807, 2.05) is 20.8 Å². The van der Waals surface area contributed by atoms with Crippen LogP contribution in [0.4, 0.5) is 9.18 Å². The van der Waals surface area contributed by atoms with Crippen LogP contribution in [0.15, 0.2) is 24.3 Å². The first kappa shape index (κ1) is 17.9. The number of hydrogen-bond donors (Lipinski definition) is 2. The second-order valence-corrected chi connectivity index (χ2v) is 7.51. The van der Waals surface area contributed by atoms with Gasteiger partial charge in [-0.25, -0.2) is 9.18 Å². The van der Waals surface area contributed by atoms with Crippen LogP contribution >= 0.6 is 0 Å². The van der Waals surface area contributed by atoms with E-state index < -0.39 is 29.2 Å². The summed E-state index contributed by atoms with van der Waals surface area (Å²) < 4.78 is 15.4. The van der Waals surface area contributed by atoms with Crippen molar-refractivity contribution >= 4 is 11.9 Å². The zero-order valence-corrected chi connectivity index (χ0v) is 15.0. The molecule has 1 aliphatic heterocycles. The van der Waals surface area contributed by atoms with Crippen molar-refractivity contribution in [1.82, 2.24) is 14.7 Å². The topological polar surface area (TPSA) is 107 Å². The Hall–Kier alpha value is -2.90. The molecular weight excluding hydrogens is 337 g/mol. The molecule has 4 N–H and O–H groups in total. The number of fused-ring (bicyclic) bond motifs is 1. The van der Waals surface area contributed by atoms with Gasteiger partial charge in [0.25, 0.3) is 5.91 Å². The molecule has 2 aromatic rings. The Kier molecular flexibility index (Phi) is 4.21. The van der Waals surface area contributed by atoms with Gasteiger partial charge in [0.1, 0.15) is 11.5 Å². The number of amides is 3. The largest absolute Gasteiger partial charge is 0.365 e. The van der Waals surface area contributed by atoms with E-state index in [4.69, 9.17) is 11.5 Å². The molecule has 3 amide bonds. The lowest BCUT2D eigenvalue weighted by molar-refractivity contribution is 0.0899. The van der Waals surface area contributed by atoms with Gasteiger partial charge in [-0.05, 0) is 17.5 Å². The van der Waals surface area contributed by atoms with Crippen molar-refractivity contribution in [3.8, 4) is 11.3 Å². The first-order valence-corrected chi connectivity index (χ1v) is 8.33. The summed E-state index contributed by atoms with van der Waals surface area (Å²) in [5, 5.41) is 4.51. The summed E-state index contributed by atoms with van der Waals surface area (Å²) in [6, 6.07) is 4.78. The number of hydrogen-bond acceptors (Lipinski definition) is 3. The van der Waals surface area contributed by atoms with E-state index in [-0.39, 0.29) is 5.56 Å². The average molecular weight is 359 g/mol. The molecule has 0 saturated heterocycles. The lowest BCUT2D eigenvalue weighted by Gasteiger charge is -2.42. The highest BCUT2D eigenvalue weighted by atomic mass is 19.1. The molecule has 1 atom stereocenters. The van der Waals surface area contributed by atoms with E-state index in [0.29, 0.717) is 30.0 Å². The lowest BCUT2D eigenvalue weighted by Crippen LogP contribution is -2.49. The van der Waals surface area contributed by atoms with E-state index in [1.165, 1.54) is 17.0 Å². The van der Waals surface area contributed by atoms with Gasteiger partial charge in [-0.2, -0.15) is 5.10 Å². The van der Waals surface area contributed by atoms with E-state index in [1.54, 1.807) is 16.8 Å². The molecule has 1 aromatic heterocycles. The maximum Gasteiger partial charge on any atom is 0.315 e. The Balaban J connectivity index is 2.29. The fourth-order valence-electron chi connectivity index (χ4n) is 3.60. The van der Waals surface area contributed by atoms with Gasteiger partial charge in [0.2, 0.25) is 0 Å². The molecule has 7 nitrogen and oxygen atoms in total. The number of halogens is 1. The van der Waals surface area contributed by atoms with E-state index >= 15 is 0 Å². The van der Waals surface area contributed by atoms with Crippen LogP contribution in [-0.2, 0) is 6.54 Å². The minimum atomic E-state index is -0.675. The van der Waals surface area contributed by atoms with Gasteiger partial charge in [-0.1, -0.05) is 32.9 Å². The SMILES string of the molecule is CC(C)(C)C1c2c(C(N)=O)c(-c3cccc(F)c3)nn2CCN1C(N)=O. The summed E-state index contributed by atoms with van der Waals surface area (Å²) in [5.74, 6) is -1.11. The van der Waals surface area contributed by atoms with Crippen molar-refractivity contribution in [2.75, 3.05) is 6.54 Å². The summed E-state index contributed by atoms with van der Waals surface area (Å²) in [7, 11) is 0. The van der Waals surface area contributed by atoms with E-state index in [0.717, 1.165) is 0 Å². The first-order chi connectivity index (χ1) is 12.1. The fraction of sp³-hybridized carbons (Fsp3) is 0.389. The second-order valence-electron chi connectivity index (χ2n) is 7.51. The van der Waals surface area contributed by atoms with Crippen molar-refractivity contribution in [1.29, 1.82) is 0 Å². The third-order valence-corrected chi connectivity index (χ3v) is 4.56. The number of carbonyl (C=O) groups excluding carboxylic acids is 2. The quantitative estimate of drug-likeness (QED) is 0.859. The minimum absolute atomic E-state index is 0.196. The zero-order valence-electron chi connectivity index (χ0n) is 15.0. The van der Waals surface area contributed by atoms with Gasteiger partial charge in [-0.3, -0.25) is 9.48 Å². The summed E-state index contributed by atoms with van der Waals surface area (Å²) >= 11 is 0. The number of rotatable bonds is 2. The summed E-state index contributed by atoms with van der Waals surface area (Å²) in [4.78, 5) is 25.8. The van der Waals surface area contributed by atoms with Crippen LogP contribution in [0.25, 0.3) is 11.3 Å². The summed E-state index contributed by atoms with van der Waals surface area (Å²) in [6.45, 7) is 6.59. The molecule has 138 valence electrons. The van der Waals surface area contributed by atoms with Crippen LogP contribution in [-0.4, -0.2) is 33.2 Å². The molecule has 1 aromatic carbocycles. The molecule has 8 heteroatoms. The number of benzene rings is 1. The van der Waals surface area contributed by atoms with Crippen LogP contribution < -0.4 is 11.5 Å². The van der Waals surface area contributed by atoms with Gasteiger partial charge in [0.05, 0.1) is 23.8 Å². The summed E-state index contributed by atoms with van der Waals surface area (Å²) in [5.41, 5.74) is 12.3. The maximum atomic E-state index is 13.7. The predicted octanol–water partition coefficient (Wildman–Crippen LogP) is 2.27. The van der Waals surface area contributed by atoms with Crippen molar-refractivity contribution in [2.45, 2.75) is 33.4 Å². The number of primary amides is 2. The Labute approximate surface area is 150 Å². The van der Waals surface area contributed by atoms with Gasteiger partial charge in [0, 0.05) is 12.1 Å². The standard InChI is InChI=1S/C18H22FN5O2/c1-18(2,3)15-14-12(16(20)25)13(10-5-4-6-11(19)9-10)22-24(14)8-7-23(15)17(21)26/h4-6,9,15H,7-8H2,1-3H3,(H2,20,25)(H2,21,26). The third-order valence-electron chi connectivity index (χ3n) is 4.56. The van der Waals surface area contributed by atoms with Crippen molar-refractivity contribution in [2.24, 2.45) is 16.9 Å². The predicted molar refractivity (Wildman–Crippen MR) is 94.6 cm³/mol. The van der Waals surface area contributed by atoms with Crippen LogP contribution in [0.1, 0.15) is 42.9 Å². The van der Waals surface area contributed by atoms with Crippen LogP contribution in [0.5, 0.6) is 0 Å². The number of aromatic nitrogens is 2. The van der Waals surface area contributed by atoms with E-state index in [2.05, 4.69) is 5.10 Å².